The number of hydrogen-bond donors (Lipinski definition) is 3. The number of phenols is 1. The number of rotatable bonds is 8. The van der Waals surface area contributed by atoms with E-state index in [9.17, 15) is 14.7 Å². The lowest BCUT2D eigenvalue weighted by atomic mass is 10.2. The van der Waals surface area contributed by atoms with Crippen LogP contribution in [0, 0.1) is 0 Å². The number of phenolic OH excluding ortho intramolecular Hbond substituents is 1. The average molecular weight is 450 g/mol. The molecule has 3 N–H and O–H groups in total. The maximum Gasteiger partial charge on any atom is 0.249 e. The quantitative estimate of drug-likeness (QED) is 0.326. The van der Waals surface area contributed by atoms with Gasteiger partial charge < -0.3 is 19.9 Å². The molecular formula is C19H20BrN3O5. The van der Waals surface area contributed by atoms with E-state index >= 15 is 0 Å². The van der Waals surface area contributed by atoms with E-state index in [1.54, 1.807) is 43.3 Å². The van der Waals surface area contributed by atoms with Crippen LogP contribution in [0.2, 0.25) is 0 Å². The zero-order valence-electron chi connectivity index (χ0n) is 15.4. The first-order valence-electron chi connectivity index (χ1n) is 8.34. The van der Waals surface area contributed by atoms with Gasteiger partial charge in [0.2, 0.25) is 11.8 Å². The number of halogens is 1. The minimum Gasteiger partial charge on any atom is -0.503 e. The van der Waals surface area contributed by atoms with Crippen molar-refractivity contribution in [3.63, 3.8) is 0 Å². The van der Waals surface area contributed by atoms with E-state index in [2.05, 4.69) is 31.8 Å². The smallest absolute Gasteiger partial charge is 0.249 e. The molecule has 0 aliphatic heterocycles. The molecule has 2 amide bonds. The molecule has 0 aliphatic rings. The van der Waals surface area contributed by atoms with Crippen LogP contribution in [0.15, 0.2) is 46.0 Å². The van der Waals surface area contributed by atoms with E-state index in [0.29, 0.717) is 33.8 Å². The Bertz CT molecular complexity index is 886. The Balaban J connectivity index is 1.92. The summed E-state index contributed by atoms with van der Waals surface area (Å²) < 4.78 is 10.9. The number of nitrogens with zero attached hydrogens (tertiary/aromatic N) is 1. The van der Waals surface area contributed by atoms with Gasteiger partial charge in [-0.2, -0.15) is 5.10 Å². The van der Waals surface area contributed by atoms with Gasteiger partial charge in [-0.3, -0.25) is 9.59 Å². The van der Waals surface area contributed by atoms with Crippen LogP contribution in [0.5, 0.6) is 17.2 Å². The number of amides is 2. The zero-order chi connectivity index (χ0) is 20.5. The van der Waals surface area contributed by atoms with E-state index in [-0.39, 0.29) is 5.75 Å². The summed E-state index contributed by atoms with van der Waals surface area (Å²) in [6, 6.07) is 10.1. The van der Waals surface area contributed by atoms with E-state index < -0.39 is 18.2 Å². The van der Waals surface area contributed by atoms with Crippen molar-refractivity contribution in [3.05, 3.63) is 46.4 Å². The number of nitrogens with one attached hydrogen (secondary N) is 2. The molecule has 8 nitrogen and oxygen atoms in total. The van der Waals surface area contributed by atoms with Crippen LogP contribution in [-0.2, 0) is 9.59 Å². The molecule has 0 aliphatic carbocycles. The van der Waals surface area contributed by atoms with Gasteiger partial charge in [-0.05, 0) is 52.7 Å². The summed E-state index contributed by atoms with van der Waals surface area (Å²) in [4.78, 5) is 23.9. The highest BCUT2D eigenvalue weighted by atomic mass is 79.9. The summed E-state index contributed by atoms with van der Waals surface area (Å²) in [6.45, 7) is 2.18. The maximum absolute atomic E-state index is 12.0. The number of ether oxygens (including phenoxy) is 2. The number of aromatic hydroxyl groups is 1. The third-order valence-corrected chi connectivity index (χ3v) is 4.06. The molecule has 0 bridgehead atoms. The van der Waals surface area contributed by atoms with Crippen LogP contribution in [0.25, 0.3) is 0 Å². The van der Waals surface area contributed by atoms with Crippen LogP contribution in [0.4, 0.5) is 5.69 Å². The van der Waals surface area contributed by atoms with E-state index in [1.165, 1.54) is 13.3 Å². The summed E-state index contributed by atoms with van der Waals surface area (Å²) in [5.74, 6) is -0.302. The lowest BCUT2D eigenvalue weighted by Crippen LogP contribution is -2.24. The molecule has 0 saturated carbocycles. The summed E-state index contributed by atoms with van der Waals surface area (Å²) in [6.07, 6.45) is 0.974. The SMILES string of the molecule is CCOc1cc(/C=N/NC(=O)CC(=O)Nc2ccccc2OC)cc(Br)c1O. The Labute approximate surface area is 170 Å². The highest BCUT2D eigenvalue weighted by Gasteiger charge is 2.12. The molecule has 2 aromatic rings. The van der Waals surface area contributed by atoms with Gasteiger partial charge in [0.05, 0.1) is 30.1 Å². The Kier molecular flexibility index (Phi) is 7.82. The Hall–Kier alpha value is -3.07. The molecule has 9 heteroatoms. The minimum atomic E-state index is -0.577. The molecule has 0 fully saturated rings. The van der Waals surface area contributed by atoms with Crippen molar-refractivity contribution < 1.29 is 24.2 Å². The number of hydrogen-bond acceptors (Lipinski definition) is 6. The van der Waals surface area contributed by atoms with Gasteiger partial charge in [-0.25, -0.2) is 5.43 Å². The molecule has 148 valence electrons. The predicted octanol–water partition coefficient (Wildman–Crippen LogP) is 3.04. The predicted molar refractivity (Wildman–Crippen MR) is 109 cm³/mol. The van der Waals surface area contributed by atoms with Crippen molar-refractivity contribution in [1.29, 1.82) is 0 Å². The fourth-order valence-electron chi connectivity index (χ4n) is 2.24. The molecule has 0 saturated heterocycles. The zero-order valence-corrected chi connectivity index (χ0v) is 16.9. The molecule has 0 heterocycles. The van der Waals surface area contributed by atoms with Crippen LogP contribution in [0.1, 0.15) is 18.9 Å². The summed E-state index contributed by atoms with van der Waals surface area (Å²) in [5, 5.41) is 16.3. The van der Waals surface area contributed by atoms with Gasteiger partial charge in [0.1, 0.15) is 12.2 Å². The van der Waals surface area contributed by atoms with Gasteiger partial charge in [0, 0.05) is 0 Å². The second kappa shape index (κ2) is 10.3. The molecular weight excluding hydrogens is 430 g/mol. The highest BCUT2D eigenvalue weighted by Crippen LogP contribution is 2.35. The number of hydrazone groups is 1. The fraction of sp³-hybridized carbons (Fsp3) is 0.211. The van der Waals surface area contributed by atoms with Gasteiger partial charge in [-0.1, -0.05) is 12.1 Å². The molecule has 0 aromatic heterocycles. The normalized spacial score (nSPS) is 10.5. The molecule has 0 spiro atoms. The second-order valence-corrected chi connectivity index (χ2v) is 6.36. The first-order valence-corrected chi connectivity index (χ1v) is 9.14. The van der Waals surface area contributed by atoms with Crippen molar-refractivity contribution >= 4 is 39.6 Å². The summed E-state index contributed by atoms with van der Waals surface area (Å²) in [7, 11) is 1.49. The van der Waals surface area contributed by atoms with Gasteiger partial charge >= 0.3 is 0 Å². The first-order chi connectivity index (χ1) is 13.4. The van der Waals surface area contributed by atoms with E-state index in [0.717, 1.165) is 0 Å². The average Bonchev–Trinajstić information content (AvgIpc) is 2.66. The molecule has 0 radical (unpaired) electrons. The van der Waals surface area contributed by atoms with Crippen molar-refractivity contribution in [2.75, 3.05) is 19.0 Å². The number of carbonyl (C=O) groups is 2. The second-order valence-electron chi connectivity index (χ2n) is 5.50. The van der Waals surface area contributed by atoms with Crippen molar-refractivity contribution in [1.82, 2.24) is 5.43 Å². The summed E-state index contributed by atoms with van der Waals surface area (Å²) >= 11 is 3.22. The van der Waals surface area contributed by atoms with Crippen LogP contribution >= 0.6 is 15.9 Å². The monoisotopic (exact) mass is 449 g/mol. The van der Waals surface area contributed by atoms with Gasteiger partial charge in [0.15, 0.2) is 11.5 Å². The number of carbonyl (C=O) groups excluding carboxylic acids is 2. The molecule has 2 rings (SSSR count). The third-order valence-electron chi connectivity index (χ3n) is 3.46. The van der Waals surface area contributed by atoms with Crippen molar-refractivity contribution in [2.45, 2.75) is 13.3 Å². The third kappa shape index (κ3) is 5.98. The standard InChI is InChI=1S/C19H20BrN3O5/c1-3-28-16-9-12(8-13(20)19(16)26)11-21-23-18(25)10-17(24)22-14-6-4-5-7-15(14)27-2/h4-9,11,26H,3,10H2,1-2H3,(H,22,24)(H,23,25)/b21-11+. The Morgan fingerprint density at radius 2 is 1.96 bits per heavy atom. The van der Waals surface area contributed by atoms with Gasteiger partial charge in [-0.15, -0.1) is 0 Å². The van der Waals surface area contributed by atoms with Crippen LogP contribution < -0.4 is 20.2 Å². The molecule has 0 unspecified atom stereocenters. The number of benzene rings is 2. The molecule has 0 atom stereocenters. The van der Waals surface area contributed by atoms with Crippen molar-refractivity contribution in [2.24, 2.45) is 5.10 Å². The summed E-state index contributed by atoms with van der Waals surface area (Å²) in [5.41, 5.74) is 3.35. The number of methoxy groups -OCH3 is 1. The fourth-order valence-corrected chi connectivity index (χ4v) is 2.70. The highest BCUT2D eigenvalue weighted by molar-refractivity contribution is 9.10. The molecule has 28 heavy (non-hydrogen) atoms. The molecule has 2 aromatic carbocycles. The van der Waals surface area contributed by atoms with E-state index in [1.807, 2.05) is 0 Å². The Morgan fingerprint density at radius 1 is 1.21 bits per heavy atom. The number of anilines is 1. The van der Waals surface area contributed by atoms with Crippen LogP contribution in [-0.4, -0.2) is 36.9 Å². The largest absolute Gasteiger partial charge is 0.503 e. The minimum absolute atomic E-state index is 0.0175. The van der Waals surface area contributed by atoms with Gasteiger partial charge in [0.25, 0.3) is 0 Å². The maximum atomic E-state index is 12.0. The Morgan fingerprint density at radius 3 is 2.68 bits per heavy atom. The van der Waals surface area contributed by atoms with E-state index in [4.69, 9.17) is 9.47 Å². The lowest BCUT2D eigenvalue weighted by Gasteiger charge is -2.09. The topological polar surface area (TPSA) is 109 Å². The van der Waals surface area contributed by atoms with Crippen molar-refractivity contribution in [3.8, 4) is 17.2 Å². The van der Waals surface area contributed by atoms with Crippen LogP contribution in [0.3, 0.4) is 0 Å². The lowest BCUT2D eigenvalue weighted by molar-refractivity contribution is -0.126. The first kappa shape index (κ1) is 21.2. The number of para-hydroxylation sites is 2.